The van der Waals surface area contributed by atoms with Crippen LogP contribution in [-0.2, 0) is 16.7 Å². The van der Waals surface area contributed by atoms with Gasteiger partial charge in [-0.2, -0.15) is 8.42 Å². The van der Waals surface area contributed by atoms with Crippen molar-refractivity contribution >= 4 is 32.0 Å². The molecule has 0 fully saturated rings. The quantitative estimate of drug-likeness (QED) is 0.572. The molecule has 0 saturated heterocycles. The van der Waals surface area contributed by atoms with Crippen LogP contribution in [0.4, 0.5) is 5.69 Å². The van der Waals surface area contributed by atoms with Gasteiger partial charge >= 0.3 is 10.3 Å². The fourth-order valence-electron chi connectivity index (χ4n) is 1.94. The Kier molecular flexibility index (Phi) is 5.46. The van der Waals surface area contributed by atoms with E-state index in [9.17, 15) is 8.42 Å². The lowest BCUT2D eigenvalue weighted by molar-refractivity contribution is 0.466. The fraction of sp³-hybridized carbons (Fsp3) is 0.455. The van der Waals surface area contributed by atoms with E-state index in [4.69, 9.17) is 4.55 Å². The van der Waals surface area contributed by atoms with Crippen molar-refractivity contribution in [3.63, 3.8) is 0 Å². The molecule has 1 N–H and O–H groups in total. The molecule has 0 heterocycles. The number of nitrogens with zero attached hydrogens (tertiary/aromatic N) is 2. The van der Waals surface area contributed by atoms with Crippen LogP contribution < -0.4 is 4.31 Å². The first-order valence-electron chi connectivity index (χ1n) is 6.22. The highest BCUT2D eigenvalue weighted by Gasteiger charge is 2.14. The maximum atomic E-state index is 11.0. The van der Waals surface area contributed by atoms with Crippen LogP contribution >= 0.6 is 0 Å². The molecule has 1 aromatic rings. The van der Waals surface area contributed by atoms with Crippen LogP contribution in [0.25, 0.3) is 0 Å². The highest BCUT2D eigenvalue weighted by Crippen LogP contribution is 2.18. The second-order valence-corrected chi connectivity index (χ2v) is 6.28. The number of hydrogen-bond donors (Lipinski definition) is 1. The minimum Gasteiger partial charge on any atom is -0.393 e. The van der Waals surface area contributed by atoms with Crippen molar-refractivity contribution in [2.45, 2.75) is 25.8 Å². The second kappa shape index (κ2) is 6.45. The molecule has 5 nitrogen and oxygen atoms in total. The Morgan fingerprint density at radius 2 is 1.79 bits per heavy atom. The van der Waals surface area contributed by atoms with Crippen molar-refractivity contribution < 1.29 is 13.0 Å². The van der Waals surface area contributed by atoms with Gasteiger partial charge in [-0.1, -0.05) is 19.1 Å². The molecular weight excluding hydrogens is 262 g/mol. The van der Waals surface area contributed by atoms with Crippen LogP contribution in [0.5, 0.6) is 0 Å². The Hall–Kier alpha value is -0.980. The zero-order chi connectivity index (χ0) is 14.6. The van der Waals surface area contributed by atoms with Crippen molar-refractivity contribution in [2.75, 3.05) is 11.4 Å². The predicted octanol–water partition coefficient (Wildman–Crippen LogP) is -0.355. The third kappa shape index (κ3) is 4.56. The third-order valence-electron chi connectivity index (χ3n) is 3.32. The van der Waals surface area contributed by atoms with Crippen LogP contribution in [0.2, 0.25) is 0 Å². The average Bonchev–Trinajstić information content (AvgIpc) is 2.34. The smallest absolute Gasteiger partial charge is 0.359 e. The average molecular weight is 282 g/mol. The molecule has 0 spiro atoms. The van der Waals surface area contributed by atoms with Gasteiger partial charge in [0.25, 0.3) is 0 Å². The van der Waals surface area contributed by atoms with Gasteiger partial charge in [0.05, 0.1) is 5.69 Å². The first-order chi connectivity index (χ1) is 8.75. The topological polar surface area (TPSA) is 60.9 Å². The number of rotatable bonds is 6. The first kappa shape index (κ1) is 16.1. The van der Waals surface area contributed by atoms with Crippen LogP contribution in [0, 0.1) is 0 Å². The van der Waals surface area contributed by atoms with E-state index in [1.165, 1.54) is 7.05 Å². The molecule has 0 aliphatic rings. The monoisotopic (exact) mass is 282 g/mol. The molecule has 0 aliphatic heterocycles. The van der Waals surface area contributed by atoms with Gasteiger partial charge in [-0.05, 0) is 36.6 Å². The lowest BCUT2D eigenvalue weighted by Gasteiger charge is -2.24. The zero-order valence-corrected chi connectivity index (χ0v) is 12.7. The summed E-state index contributed by atoms with van der Waals surface area (Å²) in [6.45, 7) is 2.14. The Balaban J connectivity index is 2.82. The molecule has 0 aliphatic carbocycles. The summed E-state index contributed by atoms with van der Waals surface area (Å²) in [7, 11) is 1.23. The minimum absolute atomic E-state index is 0.448. The highest BCUT2D eigenvalue weighted by molar-refractivity contribution is 7.87. The summed E-state index contributed by atoms with van der Waals surface area (Å²) in [6.07, 6.45) is 1.97. The van der Waals surface area contributed by atoms with Gasteiger partial charge in [-0.3, -0.25) is 8.86 Å². The van der Waals surface area contributed by atoms with E-state index in [-0.39, 0.29) is 0 Å². The van der Waals surface area contributed by atoms with Gasteiger partial charge < -0.3 is 4.72 Å². The standard InChI is InChI=1S/C11H20B2N2O3S/c1-3-10(15(12)13)8-9-4-6-11(7-5-9)14(2)19(16,17)18/h4-7,10H,3,8,12-13H2,1-2H3,(H,16,17,18). The van der Waals surface area contributed by atoms with Crippen LogP contribution in [-0.4, -0.2) is 46.7 Å². The molecular formula is C11H20B2N2O3S. The molecule has 104 valence electrons. The van der Waals surface area contributed by atoms with Crippen LogP contribution in [0.15, 0.2) is 24.3 Å². The molecule has 8 heteroatoms. The molecule has 0 amide bonds. The van der Waals surface area contributed by atoms with E-state index < -0.39 is 10.3 Å². The van der Waals surface area contributed by atoms with Gasteiger partial charge in [0.15, 0.2) is 16.0 Å². The van der Waals surface area contributed by atoms with Crippen molar-refractivity contribution in [1.29, 1.82) is 0 Å². The van der Waals surface area contributed by atoms with Crippen molar-refractivity contribution in [3.05, 3.63) is 29.8 Å². The molecule has 1 aromatic carbocycles. The zero-order valence-electron chi connectivity index (χ0n) is 11.9. The summed E-state index contributed by atoms with van der Waals surface area (Å²) in [5.41, 5.74) is 1.59. The summed E-state index contributed by atoms with van der Waals surface area (Å²) >= 11 is 0. The van der Waals surface area contributed by atoms with Gasteiger partial charge in [0, 0.05) is 7.05 Å². The molecule has 1 atom stereocenters. The van der Waals surface area contributed by atoms with Gasteiger partial charge in [-0.15, -0.1) is 0 Å². The van der Waals surface area contributed by atoms with E-state index in [1.807, 2.05) is 12.1 Å². The molecule has 0 bridgehead atoms. The van der Waals surface area contributed by atoms with Crippen molar-refractivity contribution in [2.24, 2.45) is 0 Å². The fourth-order valence-corrected chi connectivity index (χ4v) is 2.33. The van der Waals surface area contributed by atoms with Crippen LogP contribution in [0.3, 0.4) is 0 Å². The molecule has 19 heavy (non-hydrogen) atoms. The summed E-state index contributed by atoms with van der Waals surface area (Å²) in [5.74, 6) is 0. The van der Waals surface area contributed by atoms with E-state index in [1.54, 1.807) is 12.1 Å². The Labute approximate surface area is 117 Å². The molecule has 0 saturated carbocycles. The second-order valence-electron chi connectivity index (χ2n) is 4.84. The maximum Gasteiger partial charge on any atom is 0.359 e. The lowest BCUT2D eigenvalue weighted by atomic mass is 9.96. The largest absolute Gasteiger partial charge is 0.393 e. The normalized spacial score (nSPS) is 13.5. The Bertz CT molecular complexity index is 505. The molecule has 0 aromatic heterocycles. The minimum atomic E-state index is -4.18. The summed E-state index contributed by atoms with van der Waals surface area (Å²) < 4.78 is 34.0. The molecule has 1 rings (SSSR count). The SMILES string of the molecule is BN(B)C(CC)Cc1ccc(N(C)S(=O)(=O)O)cc1. The third-order valence-corrected chi connectivity index (χ3v) is 4.22. The van der Waals surface area contributed by atoms with Crippen LogP contribution in [0.1, 0.15) is 18.9 Å². The molecule has 1 unspecified atom stereocenters. The van der Waals surface area contributed by atoms with Gasteiger partial charge in [0.1, 0.15) is 0 Å². The van der Waals surface area contributed by atoms with Crippen molar-refractivity contribution in [1.82, 2.24) is 4.72 Å². The Morgan fingerprint density at radius 1 is 1.26 bits per heavy atom. The maximum absolute atomic E-state index is 11.0. The van der Waals surface area contributed by atoms with Gasteiger partial charge in [0.2, 0.25) is 0 Å². The lowest BCUT2D eigenvalue weighted by Crippen LogP contribution is -2.32. The summed E-state index contributed by atoms with van der Waals surface area (Å²) in [5, 5.41) is 0. The van der Waals surface area contributed by atoms with E-state index in [2.05, 4.69) is 27.6 Å². The van der Waals surface area contributed by atoms with E-state index in [0.717, 1.165) is 22.7 Å². The molecule has 0 radical (unpaired) electrons. The summed E-state index contributed by atoms with van der Waals surface area (Å²) in [6, 6.07) is 7.65. The van der Waals surface area contributed by atoms with Gasteiger partial charge in [-0.25, -0.2) is 0 Å². The predicted molar refractivity (Wildman–Crippen MR) is 83.1 cm³/mol. The van der Waals surface area contributed by atoms with E-state index >= 15 is 0 Å². The number of benzene rings is 1. The highest BCUT2D eigenvalue weighted by atomic mass is 32.2. The first-order valence-corrected chi connectivity index (χ1v) is 7.62. The van der Waals surface area contributed by atoms with E-state index in [0.29, 0.717) is 11.7 Å². The number of anilines is 1. The summed E-state index contributed by atoms with van der Waals surface area (Å²) in [4.78, 5) is 0. The number of hydrogen-bond acceptors (Lipinski definition) is 3. The Morgan fingerprint density at radius 3 is 2.16 bits per heavy atom. The van der Waals surface area contributed by atoms with Crippen molar-refractivity contribution in [3.8, 4) is 0 Å².